The third-order valence-corrected chi connectivity index (χ3v) is 19.0. The maximum absolute atomic E-state index is 14.4. The van der Waals surface area contributed by atoms with Crippen LogP contribution in [0, 0.1) is 5.92 Å². The Morgan fingerprint density at radius 1 is 1.05 bits per heavy atom. The number of epoxide rings is 1. The lowest BCUT2D eigenvalue weighted by atomic mass is 9.83. The molecule has 1 aliphatic carbocycles. The lowest BCUT2D eigenvalue weighted by molar-refractivity contribution is -0.197. The van der Waals surface area contributed by atoms with Crippen LogP contribution in [-0.4, -0.2) is 156 Å². The highest BCUT2D eigenvalue weighted by atomic mass is 35.5. The van der Waals surface area contributed by atoms with Gasteiger partial charge in [0.15, 0.2) is 5.72 Å². The van der Waals surface area contributed by atoms with Crippen LogP contribution >= 0.6 is 33.2 Å². The van der Waals surface area contributed by atoms with Gasteiger partial charge in [-0.05, 0) is 108 Å². The number of aryl methyl sites for hydroxylation is 1. The lowest BCUT2D eigenvalue weighted by Gasteiger charge is -2.42. The quantitative estimate of drug-likeness (QED) is 0.0317. The summed E-state index contributed by atoms with van der Waals surface area (Å²) in [5, 5.41) is 19.6. The summed E-state index contributed by atoms with van der Waals surface area (Å²) in [6.07, 6.45) is 3.25. The van der Waals surface area contributed by atoms with Gasteiger partial charge in [0.2, 0.25) is 17.7 Å². The number of ether oxygens (including phenoxy) is 6. The summed E-state index contributed by atoms with van der Waals surface area (Å²) in [6, 6.07) is 8.05. The molecule has 83 heavy (non-hydrogen) atoms. The van der Waals surface area contributed by atoms with Crippen LogP contribution in [0.5, 0.6) is 11.5 Å². The first kappa shape index (κ1) is 64.4. The second-order valence-electron chi connectivity index (χ2n) is 22.3. The van der Waals surface area contributed by atoms with Crippen molar-refractivity contribution < 1.29 is 76.7 Å². The molecular formula is C58H75ClN6O16S2. The van der Waals surface area contributed by atoms with E-state index in [-0.39, 0.29) is 68.4 Å². The summed E-state index contributed by atoms with van der Waals surface area (Å²) < 4.78 is 34.9. The number of hydrogen-bond donors (Lipinski definition) is 3. The second-order valence-corrected chi connectivity index (χ2v) is 25.8. The number of alkyl carbamates (subject to hydrolysis) is 1. The SMILES string of the molecule is COc1cc2cc(c1Cl)N(C)C(=O)C[C@H](OC(=O)[C@H](C)N(C)C(=O)CCSSC(C)(C)CC(=O)N/N=C1\CCCc3cc(OCCCC(=O)ON4C(=O)CCC4=O)ccc31)[C@]1(C)O[C@H]1[C@H](C)[C@@H]1C[C@@](O)(NC(=O)O1)[C@H](OC)/C=C/C=C(\C)C2. The molecule has 2 aromatic rings. The number of nitrogens with one attached hydrogen (secondary N) is 2. The van der Waals surface area contributed by atoms with Crippen LogP contribution in [0.1, 0.15) is 122 Å². The molecule has 3 N–H and O–H groups in total. The Hall–Kier alpha value is -6.18. The van der Waals surface area contributed by atoms with Gasteiger partial charge in [0, 0.05) is 75.3 Å². The Morgan fingerprint density at radius 3 is 2.49 bits per heavy atom. The van der Waals surface area contributed by atoms with Crippen LogP contribution in [0.15, 0.2) is 59.2 Å². The van der Waals surface area contributed by atoms with Crippen LogP contribution in [0.2, 0.25) is 5.02 Å². The normalized spacial score (nSPS) is 26.5. The van der Waals surface area contributed by atoms with E-state index in [1.807, 2.05) is 39.0 Å². The van der Waals surface area contributed by atoms with Crippen molar-refractivity contribution in [2.24, 2.45) is 11.0 Å². The fourth-order valence-corrected chi connectivity index (χ4v) is 13.2. The molecular weight excluding hydrogens is 1140 g/mol. The molecule has 25 heteroatoms. The average Bonchev–Trinajstić information content (AvgIpc) is 2.25. The monoisotopic (exact) mass is 1210 g/mol. The summed E-state index contributed by atoms with van der Waals surface area (Å²) in [5.41, 5.74) is 4.22. The van der Waals surface area contributed by atoms with E-state index in [2.05, 4.69) is 15.8 Å². The molecule has 7 rings (SSSR count). The summed E-state index contributed by atoms with van der Waals surface area (Å²) in [4.78, 5) is 112. The van der Waals surface area contributed by atoms with Crippen molar-refractivity contribution in [1.82, 2.24) is 20.7 Å². The number of esters is 1. The lowest BCUT2D eigenvalue weighted by Crippen LogP contribution is -2.63. The number of carbonyl (C=O) groups is 8. The second kappa shape index (κ2) is 27.7. The summed E-state index contributed by atoms with van der Waals surface area (Å²) in [7, 11) is 8.81. The first-order chi connectivity index (χ1) is 39.3. The van der Waals surface area contributed by atoms with Crippen LogP contribution in [-0.2, 0) is 70.2 Å². The molecule has 0 spiro atoms. The molecule has 4 aliphatic heterocycles. The van der Waals surface area contributed by atoms with E-state index in [9.17, 15) is 43.5 Å². The van der Waals surface area contributed by atoms with Gasteiger partial charge in [0.25, 0.3) is 11.8 Å². The van der Waals surface area contributed by atoms with Crippen LogP contribution in [0.25, 0.3) is 0 Å². The van der Waals surface area contributed by atoms with Crippen molar-refractivity contribution in [1.29, 1.82) is 0 Å². The number of hydroxylamine groups is 2. The fourth-order valence-electron chi connectivity index (χ4n) is 10.4. The summed E-state index contributed by atoms with van der Waals surface area (Å²) in [5.74, 6) is -2.94. The molecule has 22 nitrogen and oxygen atoms in total. The van der Waals surface area contributed by atoms with E-state index >= 15 is 0 Å². The third kappa shape index (κ3) is 16.2. The van der Waals surface area contributed by atoms with E-state index < -0.39 is 88.2 Å². The van der Waals surface area contributed by atoms with Gasteiger partial charge in [0.1, 0.15) is 46.5 Å². The van der Waals surface area contributed by atoms with Crippen LogP contribution in [0.4, 0.5) is 10.5 Å². The van der Waals surface area contributed by atoms with Gasteiger partial charge in [-0.2, -0.15) is 5.10 Å². The molecule has 8 atom stereocenters. The van der Waals surface area contributed by atoms with E-state index in [4.69, 9.17) is 44.9 Å². The van der Waals surface area contributed by atoms with Crippen molar-refractivity contribution in [3.05, 3.63) is 75.8 Å². The number of fused-ring (bicyclic) bond motifs is 6. The summed E-state index contributed by atoms with van der Waals surface area (Å²) in [6.45, 7) is 11.0. The highest BCUT2D eigenvalue weighted by Crippen LogP contribution is 2.49. The summed E-state index contributed by atoms with van der Waals surface area (Å²) >= 11 is 6.84. The Labute approximate surface area is 496 Å². The van der Waals surface area contributed by atoms with Crippen molar-refractivity contribution in [3.8, 4) is 11.5 Å². The van der Waals surface area contributed by atoms with Crippen molar-refractivity contribution in [2.75, 3.05) is 45.6 Å². The van der Waals surface area contributed by atoms with Crippen molar-refractivity contribution >= 4 is 92.2 Å². The van der Waals surface area contributed by atoms with E-state index in [1.54, 1.807) is 51.2 Å². The maximum atomic E-state index is 14.4. The van der Waals surface area contributed by atoms with E-state index in [1.165, 1.54) is 59.6 Å². The number of carbonyl (C=O) groups excluding carboxylic acids is 8. The number of amides is 6. The van der Waals surface area contributed by atoms with Gasteiger partial charge >= 0.3 is 18.0 Å². The fraction of sp³-hybridized carbons (Fsp3) is 0.569. The number of nitrogens with zero attached hydrogens (tertiary/aromatic N) is 4. The van der Waals surface area contributed by atoms with Gasteiger partial charge in [-0.15, -0.1) is 5.06 Å². The minimum absolute atomic E-state index is 0.0241. The Balaban J connectivity index is 0.925. The minimum atomic E-state index is -1.88. The van der Waals surface area contributed by atoms with E-state index in [0.29, 0.717) is 47.3 Å². The molecule has 4 heterocycles. The smallest absolute Gasteiger partial charge is 0.409 e. The number of rotatable bonds is 19. The van der Waals surface area contributed by atoms with Crippen LogP contribution < -0.4 is 25.1 Å². The number of benzene rings is 2. The average molecular weight is 1210 g/mol. The number of anilines is 1. The van der Waals surface area contributed by atoms with Crippen LogP contribution in [0.3, 0.4) is 0 Å². The Bertz CT molecular complexity index is 2910. The highest BCUT2D eigenvalue weighted by molar-refractivity contribution is 8.77. The topological polar surface area (TPSA) is 271 Å². The van der Waals surface area contributed by atoms with Gasteiger partial charge in [-0.1, -0.05) is 63.9 Å². The third-order valence-electron chi connectivity index (χ3n) is 15.4. The zero-order valence-corrected chi connectivity index (χ0v) is 50.9. The predicted molar refractivity (Wildman–Crippen MR) is 310 cm³/mol. The van der Waals surface area contributed by atoms with Gasteiger partial charge in [0.05, 0.1) is 44.1 Å². The Morgan fingerprint density at radius 2 is 1.78 bits per heavy atom. The first-order valence-electron chi connectivity index (χ1n) is 27.6. The predicted octanol–water partition coefficient (Wildman–Crippen LogP) is 7.08. The zero-order chi connectivity index (χ0) is 60.6. The molecule has 5 aliphatic rings. The largest absolute Gasteiger partial charge is 0.495 e. The van der Waals surface area contributed by atoms with Gasteiger partial charge in [-0.25, -0.2) is 19.8 Å². The molecule has 0 saturated carbocycles. The number of methoxy groups -OCH3 is 2. The molecule has 0 aromatic heterocycles. The van der Waals surface area contributed by atoms with Gasteiger partial charge < -0.3 is 48.2 Å². The number of imide groups is 1. The molecule has 3 saturated heterocycles. The number of allylic oxidation sites excluding steroid dienone is 3. The molecule has 3 fully saturated rings. The molecule has 0 unspecified atom stereocenters. The number of hydrazone groups is 1. The highest BCUT2D eigenvalue weighted by Gasteiger charge is 2.64. The maximum Gasteiger partial charge on any atom is 0.409 e. The minimum Gasteiger partial charge on any atom is -0.495 e. The standard InChI is InChI=1S/C58H75ClN6O16S2/c1-33-14-11-17-44(76-10)58(74)31-43(78-55(73)60-58)34(2)53-57(6,80-53)45(30-50(70)64(8)41-27-36(26-33)28-42(75-9)52(41)59)79-54(72)35(3)63(7)47(67)23-25-82-83-56(4,5)32-46(66)62-61-40-16-12-15-37-29-38(19-20-39(37)40)77-24-13-18-51(71)81-65-48(68)21-22-49(65)69/h11,14,17,19-20,27-29,34-35,43-45,53,74H,12-13,15-16,18,21-26,30-32H2,1-10H3,(H,60,73)(H,62,66)/b17-11+,33-14+,61-40+/t34-,35+,43+,44-,45+,53+,57+,58+/m1/s1. The number of likely N-dealkylation sites (N-methyl/N-ethyl adjacent to an activating group) is 1. The molecule has 0 radical (unpaired) electrons. The number of hydrogen-bond acceptors (Lipinski definition) is 19. The zero-order valence-electron chi connectivity index (χ0n) is 48.5. The van der Waals surface area contributed by atoms with E-state index in [0.717, 1.165) is 40.8 Å². The molecule has 2 aromatic carbocycles. The molecule has 6 amide bonds. The molecule has 452 valence electrons. The molecule has 4 bridgehead atoms. The first-order valence-corrected chi connectivity index (χ1v) is 30.3. The number of aliphatic hydroxyl groups is 1. The van der Waals surface area contributed by atoms with Gasteiger partial charge in [-0.3, -0.25) is 29.3 Å². The van der Waals surface area contributed by atoms with Crippen molar-refractivity contribution in [3.63, 3.8) is 0 Å². The number of halogens is 1. The van der Waals surface area contributed by atoms with Crippen molar-refractivity contribution in [2.45, 2.75) is 165 Å². The Kier molecular flexibility index (Phi) is 21.5.